The van der Waals surface area contributed by atoms with Gasteiger partial charge in [0.1, 0.15) is 18.0 Å². The maximum Gasteiger partial charge on any atom is 0.254 e. The number of amides is 1. The highest BCUT2D eigenvalue weighted by molar-refractivity contribution is 5.94. The molecule has 0 saturated heterocycles. The van der Waals surface area contributed by atoms with E-state index in [-0.39, 0.29) is 24.3 Å². The van der Waals surface area contributed by atoms with Crippen molar-refractivity contribution in [3.63, 3.8) is 0 Å². The Labute approximate surface area is 140 Å². The minimum absolute atomic E-state index is 0.0307. The minimum Gasteiger partial charge on any atom is -0.488 e. The molecule has 24 heavy (non-hydrogen) atoms. The van der Waals surface area contributed by atoms with Gasteiger partial charge < -0.3 is 14.8 Å². The highest BCUT2D eigenvalue weighted by atomic mass is 19.1. The highest BCUT2D eigenvalue weighted by Crippen LogP contribution is 2.41. The van der Waals surface area contributed by atoms with Gasteiger partial charge in [-0.05, 0) is 32.0 Å². The fourth-order valence-corrected chi connectivity index (χ4v) is 2.77. The number of para-hydroxylation sites is 1. The van der Waals surface area contributed by atoms with E-state index in [0.29, 0.717) is 5.75 Å². The molecule has 2 aromatic carbocycles. The lowest BCUT2D eigenvalue weighted by Crippen LogP contribution is -2.29. The van der Waals surface area contributed by atoms with Crippen molar-refractivity contribution in [3.8, 4) is 11.5 Å². The summed E-state index contributed by atoms with van der Waals surface area (Å²) in [5.41, 5.74) is 0.914. The molecule has 0 bridgehead atoms. The van der Waals surface area contributed by atoms with Crippen LogP contribution in [0.5, 0.6) is 11.5 Å². The van der Waals surface area contributed by atoms with Crippen molar-refractivity contribution in [3.05, 3.63) is 59.4 Å². The molecule has 0 saturated carbocycles. The van der Waals surface area contributed by atoms with Crippen molar-refractivity contribution in [2.24, 2.45) is 0 Å². The molecule has 0 aromatic heterocycles. The van der Waals surface area contributed by atoms with Gasteiger partial charge in [0.25, 0.3) is 5.91 Å². The van der Waals surface area contributed by atoms with E-state index in [0.717, 1.165) is 17.7 Å². The molecule has 0 spiro atoms. The average molecular weight is 329 g/mol. The van der Waals surface area contributed by atoms with Crippen molar-refractivity contribution in [2.45, 2.75) is 25.9 Å². The molecule has 2 aromatic rings. The number of halogens is 1. The first-order valence-electron chi connectivity index (χ1n) is 7.93. The van der Waals surface area contributed by atoms with Crippen molar-refractivity contribution in [2.75, 3.05) is 13.2 Å². The SMILES string of the molecule is CC1(C)Cc2cccc(OCCNC(=O)c3ccccc3F)c2O1. The van der Waals surface area contributed by atoms with Crippen molar-refractivity contribution in [1.29, 1.82) is 0 Å². The number of nitrogens with one attached hydrogen (secondary N) is 1. The van der Waals surface area contributed by atoms with Crippen LogP contribution in [-0.2, 0) is 6.42 Å². The van der Waals surface area contributed by atoms with Crippen LogP contribution in [0.4, 0.5) is 4.39 Å². The molecule has 1 amide bonds. The molecule has 4 nitrogen and oxygen atoms in total. The molecule has 0 fully saturated rings. The molecule has 0 unspecified atom stereocenters. The Hall–Kier alpha value is -2.56. The van der Waals surface area contributed by atoms with Crippen molar-refractivity contribution >= 4 is 5.91 Å². The fourth-order valence-electron chi connectivity index (χ4n) is 2.77. The zero-order chi connectivity index (χ0) is 17.2. The topological polar surface area (TPSA) is 47.6 Å². The van der Waals surface area contributed by atoms with Crippen LogP contribution in [0.2, 0.25) is 0 Å². The molecule has 1 aliphatic heterocycles. The predicted octanol–water partition coefficient (Wildman–Crippen LogP) is 3.35. The molecule has 0 aliphatic carbocycles. The molecule has 1 aliphatic rings. The van der Waals surface area contributed by atoms with E-state index in [9.17, 15) is 9.18 Å². The molecular formula is C19H20FNO3. The lowest BCUT2D eigenvalue weighted by atomic mass is 10.0. The molecule has 1 N–H and O–H groups in total. The molecule has 126 valence electrons. The molecular weight excluding hydrogens is 309 g/mol. The van der Waals surface area contributed by atoms with Crippen LogP contribution in [0.25, 0.3) is 0 Å². The van der Waals surface area contributed by atoms with Crippen LogP contribution in [0.15, 0.2) is 42.5 Å². The maximum atomic E-state index is 13.5. The Morgan fingerprint density at radius 2 is 2.04 bits per heavy atom. The second-order valence-electron chi connectivity index (χ2n) is 6.37. The van der Waals surface area contributed by atoms with Gasteiger partial charge >= 0.3 is 0 Å². The van der Waals surface area contributed by atoms with E-state index >= 15 is 0 Å². The lowest BCUT2D eigenvalue weighted by molar-refractivity contribution is 0.0942. The average Bonchev–Trinajstić information content (AvgIpc) is 2.86. The Morgan fingerprint density at radius 3 is 2.83 bits per heavy atom. The number of fused-ring (bicyclic) bond motifs is 1. The summed E-state index contributed by atoms with van der Waals surface area (Å²) in [5, 5.41) is 2.65. The largest absolute Gasteiger partial charge is 0.488 e. The van der Waals surface area contributed by atoms with Gasteiger partial charge in [0, 0.05) is 12.0 Å². The van der Waals surface area contributed by atoms with E-state index < -0.39 is 11.7 Å². The first-order valence-corrected chi connectivity index (χ1v) is 7.93. The molecule has 3 rings (SSSR count). The molecule has 5 heteroatoms. The van der Waals surface area contributed by atoms with Gasteiger partial charge in [-0.1, -0.05) is 24.3 Å². The minimum atomic E-state index is -0.535. The van der Waals surface area contributed by atoms with E-state index in [4.69, 9.17) is 9.47 Å². The summed E-state index contributed by atoms with van der Waals surface area (Å²) in [6, 6.07) is 11.7. The second-order valence-corrected chi connectivity index (χ2v) is 6.37. The van der Waals surface area contributed by atoms with Crippen molar-refractivity contribution in [1.82, 2.24) is 5.32 Å². The molecule has 1 heterocycles. The number of carbonyl (C=O) groups excluding carboxylic acids is 1. The van der Waals surface area contributed by atoms with E-state index in [1.165, 1.54) is 12.1 Å². The van der Waals surface area contributed by atoms with Crippen LogP contribution in [0.1, 0.15) is 29.8 Å². The van der Waals surface area contributed by atoms with Gasteiger partial charge in [-0.25, -0.2) is 4.39 Å². The summed E-state index contributed by atoms with van der Waals surface area (Å²) in [4.78, 5) is 11.9. The third kappa shape index (κ3) is 3.50. The quantitative estimate of drug-likeness (QED) is 0.856. The van der Waals surface area contributed by atoms with Gasteiger partial charge in [-0.2, -0.15) is 0 Å². The van der Waals surface area contributed by atoms with E-state index in [1.807, 2.05) is 32.0 Å². The van der Waals surface area contributed by atoms with Crippen LogP contribution in [-0.4, -0.2) is 24.7 Å². The first-order chi connectivity index (χ1) is 11.5. The summed E-state index contributed by atoms with van der Waals surface area (Å²) in [6.07, 6.45) is 0.837. The number of benzene rings is 2. The van der Waals surface area contributed by atoms with Crippen LogP contribution in [0, 0.1) is 5.82 Å². The fraction of sp³-hybridized carbons (Fsp3) is 0.316. The normalized spacial score (nSPS) is 14.6. The highest BCUT2D eigenvalue weighted by Gasteiger charge is 2.32. The van der Waals surface area contributed by atoms with Gasteiger partial charge in [-0.3, -0.25) is 4.79 Å². The summed E-state index contributed by atoms with van der Waals surface area (Å²) in [5.74, 6) is 0.445. The monoisotopic (exact) mass is 329 g/mol. The number of hydrogen-bond acceptors (Lipinski definition) is 3. The summed E-state index contributed by atoms with van der Waals surface area (Å²) < 4.78 is 25.2. The molecule has 0 radical (unpaired) electrons. The third-order valence-electron chi connectivity index (χ3n) is 3.82. The summed E-state index contributed by atoms with van der Waals surface area (Å²) in [6.45, 7) is 4.62. The Kier molecular flexibility index (Phi) is 4.42. The Balaban J connectivity index is 1.54. The number of ether oxygens (including phenoxy) is 2. The summed E-state index contributed by atoms with van der Waals surface area (Å²) >= 11 is 0. The number of hydrogen-bond donors (Lipinski definition) is 1. The van der Waals surface area contributed by atoms with Crippen LogP contribution < -0.4 is 14.8 Å². The smallest absolute Gasteiger partial charge is 0.254 e. The Morgan fingerprint density at radius 1 is 1.25 bits per heavy atom. The maximum absolute atomic E-state index is 13.5. The molecule has 0 atom stereocenters. The lowest BCUT2D eigenvalue weighted by Gasteiger charge is -2.18. The number of rotatable bonds is 5. The number of carbonyl (C=O) groups is 1. The van der Waals surface area contributed by atoms with E-state index in [2.05, 4.69) is 5.32 Å². The summed E-state index contributed by atoms with van der Waals surface area (Å²) in [7, 11) is 0. The second kappa shape index (κ2) is 6.51. The zero-order valence-corrected chi connectivity index (χ0v) is 13.8. The van der Waals surface area contributed by atoms with Gasteiger partial charge in [0.2, 0.25) is 0 Å². The van der Waals surface area contributed by atoms with Crippen LogP contribution in [0.3, 0.4) is 0 Å². The van der Waals surface area contributed by atoms with Gasteiger partial charge in [0.05, 0.1) is 12.1 Å². The van der Waals surface area contributed by atoms with Gasteiger partial charge in [-0.15, -0.1) is 0 Å². The predicted molar refractivity (Wildman–Crippen MR) is 89.1 cm³/mol. The van der Waals surface area contributed by atoms with Gasteiger partial charge in [0.15, 0.2) is 11.5 Å². The first kappa shape index (κ1) is 16.3. The standard InChI is InChI=1S/C19H20FNO3/c1-19(2)12-13-6-5-9-16(17(13)24-19)23-11-10-21-18(22)14-7-3-4-8-15(14)20/h3-9H,10-12H2,1-2H3,(H,21,22). The van der Waals surface area contributed by atoms with Crippen LogP contribution >= 0.6 is 0 Å². The van der Waals surface area contributed by atoms with Crippen molar-refractivity contribution < 1.29 is 18.7 Å². The Bertz CT molecular complexity index is 758. The third-order valence-corrected chi connectivity index (χ3v) is 3.82. The van der Waals surface area contributed by atoms with E-state index in [1.54, 1.807) is 12.1 Å². The zero-order valence-electron chi connectivity index (χ0n) is 13.8.